The minimum Gasteiger partial charge on any atom is -0.497 e. The third kappa shape index (κ3) is 5.23. The van der Waals surface area contributed by atoms with E-state index in [1.807, 2.05) is 0 Å². The van der Waals surface area contributed by atoms with Crippen LogP contribution in [0.4, 0.5) is 0 Å². The molecule has 0 amide bonds. The lowest BCUT2D eigenvalue weighted by molar-refractivity contribution is 0.0896. The van der Waals surface area contributed by atoms with Gasteiger partial charge in [0.05, 0.1) is 13.7 Å². The Balaban J connectivity index is 2.64. The number of ether oxygens (including phenoxy) is 2. The molecule has 5 heteroatoms. The largest absolute Gasteiger partial charge is 0.497 e. The van der Waals surface area contributed by atoms with Gasteiger partial charge in [-0.05, 0) is 35.5 Å². The first-order valence-electron chi connectivity index (χ1n) is 6.69. The van der Waals surface area contributed by atoms with Crippen molar-refractivity contribution in [3.63, 3.8) is 0 Å². The SMILES string of the molecule is CCCC(C)COCc1cc(OC)ccc1B(O)O. The third-order valence-electron chi connectivity index (χ3n) is 3.07. The Hall–Kier alpha value is -1.04. The van der Waals surface area contributed by atoms with E-state index < -0.39 is 7.12 Å². The molecule has 0 fully saturated rings. The van der Waals surface area contributed by atoms with Crippen LogP contribution in [0.3, 0.4) is 0 Å². The highest BCUT2D eigenvalue weighted by molar-refractivity contribution is 6.59. The van der Waals surface area contributed by atoms with Crippen LogP contribution in [0.5, 0.6) is 5.75 Å². The van der Waals surface area contributed by atoms with Gasteiger partial charge in [0.1, 0.15) is 5.75 Å². The molecule has 0 saturated carbocycles. The second kappa shape index (κ2) is 8.20. The minimum absolute atomic E-state index is 0.359. The third-order valence-corrected chi connectivity index (χ3v) is 3.07. The summed E-state index contributed by atoms with van der Waals surface area (Å²) in [5.74, 6) is 1.20. The van der Waals surface area contributed by atoms with E-state index in [9.17, 15) is 10.0 Å². The van der Waals surface area contributed by atoms with Crippen molar-refractivity contribution < 1.29 is 19.5 Å². The zero-order valence-electron chi connectivity index (χ0n) is 11.9. The molecule has 0 heterocycles. The molecule has 0 aliphatic rings. The number of methoxy groups -OCH3 is 1. The van der Waals surface area contributed by atoms with Gasteiger partial charge < -0.3 is 19.5 Å². The molecule has 4 nitrogen and oxygen atoms in total. The predicted octanol–water partition coefficient (Wildman–Crippen LogP) is 1.33. The van der Waals surface area contributed by atoms with Crippen molar-refractivity contribution in [2.24, 2.45) is 5.92 Å². The fourth-order valence-corrected chi connectivity index (χ4v) is 2.03. The molecule has 0 aliphatic heterocycles. The zero-order valence-corrected chi connectivity index (χ0v) is 11.9. The fourth-order valence-electron chi connectivity index (χ4n) is 2.03. The van der Waals surface area contributed by atoms with Crippen LogP contribution >= 0.6 is 0 Å². The number of hydrogen-bond donors (Lipinski definition) is 2. The van der Waals surface area contributed by atoms with Gasteiger partial charge in [0, 0.05) is 6.61 Å². The maximum Gasteiger partial charge on any atom is 0.488 e. The number of rotatable bonds is 8. The summed E-state index contributed by atoms with van der Waals surface area (Å²) in [7, 11) is 0.0933. The van der Waals surface area contributed by atoms with E-state index in [0.717, 1.165) is 18.4 Å². The molecule has 0 aromatic heterocycles. The van der Waals surface area contributed by atoms with Crippen molar-refractivity contribution in [2.45, 2.75) is 33.3 Å². The smallest absolute Gasteiger partial charge is 0.488 e. The van der Waals surface area contributed by atoms with E-state index in [0.29, 0.717) is 30.3 Å². The standard InChI is InChI=1S/C14H23BO4/c1-4-5-11(2)9-19-10-12-8-13(18-3)6-7-14(12)15(16)17/h6-8,11,16-17H,4-5,9-10H2,1-3H3. The van der Waals surface area contributed by atoms with Crippen LogP contribution in [0.25, 0.3) is 0 Å². The monoisotopic (exact) mass is 266 g/mol. The van der Waals surface area contributed by atoms with Crippen molar-refractivity contribution >= 4 is 12.6 Å². The Bertz CT molecular complexity index is 382. The molecule has 1 rings (SSSR count). The maximum absolute atomic E-state index is 9.32. The van der Waals surface area contributed by atoms with Gasteiger partial charge in [-0.25, -0.2) is 0 Å². The second-order valence-electron chi connectivity index (χ2n) is 4.85. The van der Waals surface area contributed by atoms with Crippen molar-refractivity contribution in [3.05, 3.63) is 23.8 Å². The fraction of sp³-hybridized carbons (Fsp3) is 0.571. The molecule has 0 radical (unpaired) electrons. The van der Waals surface area contributed by atoms with Gasteiger partial charge in [-0.2, -0.15) is 0 Å². The molecule has 1 aromatic carbocycles. The Morgan fingerprint density at radius 1 is 1.32 bits per heavy atom. The molecule has 19 heavy (non-hydrogen) atoms. The lowest BCUT2D eigenvalue weighted by atomic mass is 9.77. The summed E-state index contributed by atoms with van der Waals surface area (Å²) < 4.78 is 10.8. The Morgan fingerprint density at radius 2 is 2.05 bits per heavy atom. The topological polar surface area (TPSA) is 58.9 Å². The van der Waals surface area contributed by atoms with Crippen molar-refractivity contribution in [2.75, 3.05) is 13.7 Å². The second-order valence-corrected chi connectivity index (χ2v) is 4.85. The van der Waals surface area contributed by atoms with Crippen LogP contribution in [0.2, 0.25) is 0 Å². The highest BCUT2D eigenvalue weighted by Gasteiger charge is 2.16. The zero-order chi connectivity index (χ0) is 14.3. The molecule has 0 aliphatic carbocycles. The van der Waals surface area contributed by atoms with Gasteiger partial charge >= 0.3 is 7.12 Å². The van der Waals surface area contributed by atoms with Crippen LogP contribution < -0.4 is 10.2 Å². The van der Waals surface area contributed by atoms with Gasteiger partial charge in [-0.1, -0.05) is 26.3 Å². The first-order valence-corrected chi connectivity index (χ1v) is 6.69. The van der Waals surface area contributed by atoms with Gasteiger partial charge in [0.15, 0.2) is 0 Å². The van der Waals surface area contributed by atoms with Gasteiger partial charge in [0.2, 0.25) is 0 Å². The quantitative estimate of drug-likeness (QED) is 0.697. The molecule has 0 bridgehead atoms. The van der Waals surface area contributed by atoms with Crippen LogP contribution in [-0.4, -0.2) is 30.9 Å². The van der Waals surface area contributed by atoms with Crippen LogP contribution in [0.15, 0.2) is 18.2 Å². The molecular weight excluding hydrogens is 243 g/mol. The van der Waals surface area contributed by atoms with E-state index in [1.54, 1.807) is 25.3 Å². The van der Waals surface area contributed by atoms with E-state index in [2.05, 4.69) is 13.8 Å². The molecule has 0 saturated heterocycles. The van der Waals surface area contributed by atoms with E-state index >= 15 is 0 Å². The van der Waals surface area contributed by atoms with Crippen molar-refractivity contribution in [1.82, 2.24) is 0 Å². The van der Waals surface area contributed by atoms with Gasteiger partial charge in [-0.3, -0.25) is 0 Å². The highest BCUT2D eigenvalue weighted by Crippen LogP contribution is 2.13. The average Bonchev–Trinajstić information content (AvgIpc) is 2.38. The summed E-state index contributed by atoms with van der Waals surface area (Å²) in [6.45, 7) is 5.33. The first-order chi connectivity index (χ1) is 9.08. The van der Waals surface area contributed by atoms with E-state index in [-0.39, 0.29) is 0 Å². The van der Waals surface area contributed by atoms with Crippen molar-refractivity contribution in [3.8, 4) is 5.75 Å². The lowest BCUT2D eigenvalue weighted by Crippen LogP contribution is -2.33. The molecule has 0 spiro atoms. The molecular formula is C14H23BO4. The summed E-state index contributed by atoms with van der Waals surface area (Å²) in [5.41, 5.74) is 1.21. The summed E-state index contributed by atoms with van der Waals surface area (Å²) in [5, 5.41) is 18.6. The molecule has 1 atom stereocenters. The Morgan fingerprint density at radius 3 is 2.63 bits per heavy atom. The molecule has 106 valence electrons. The number of benzene rings is 1. The van der Waals surface area contributed by atoms with E-state index in [1.165, 1.54) is 0 Å². The molecule has 1 aromatic rings. The predicted molar refractivity (Wildman–Crippen MR) is 76.5 cm³/mol. The molecule has 1 unspecified atom stereocenters. The first kappa shape index (κ1) is 16.0. The summed E-state index contributed by atoms with van der Waals surface area (Å²) in [6, 6.07) is 5.13. The maximum atomic E-state index is 9.32. The normalized spacial score (nSPS) is 12.3. The van der Waals surface area contributed by atoms with Crippen LogP contribution in [0, 0.1) is 5.92 Å². The Labute approximate surface area is 115 Å². The summed E-state index contributed by atoms with van der Waals surface area (Å²) >= 11 is 0. The lowest BCUT2D eigenvalue weighted by Gasteiger charge is -2.14. The van der Waals surface area contributed by atoms with Crippen LogP contribution in [-0.2, 0) is 11.3 Å². The van der Waals surface area contributed by atoms with Crippen LogP contribution in [0.1, 0.15) is 32.3 Å². The average molecular weight is 266 g/mol. The van der Waals surface area contributed by atoms with E-state index in [4.69, 9.17) is 9.47 Å². The summed E-state index contributed by atoms with van der Waals surface area (Å²) in [6.07, 6.45) is 2.28. The minimum atomic E-state index is -1.49. The van der Waals surface area contributed by atoms with Gasteiger partial charge in [-0.15, -0.1) is 0 Å². The van der Waals surface area contributed by atoms with Gasteiger partial charge in [0.25, 0.3) is 0 Å². The number of hydrogen-bond acceptors (Lipinski definition) is 4. The highest BCUT2D eigenvalue weighted by atomic mass is 16.5. The molecule has 2 N–H and O–H groups in total. The Kier molecular flexibility index (Phi) is 6.91. The van der Waals surface area contributed by atoms with Crippen molar-refractivity contribution in [1.29, 1.82) is 0 Å². The summed E-state index contributed by atoms with van der Waals surface area (Å²) in [4.78, 5) is 0.